The molecule has 1 aromatic carbocycles. The SMILES string of the molecule is CCCOc1ccc(NS(C)(=O)=O)cc1C1=NC2C(C(=O)N1)C(C)=NN2C. The Labute approximate surface area is 158 Å². The maximum absolute atomic E-state index is 12.6. The van der Waals surface area contributed by atoms with Crippen LogP contribution in [0.4, 0.5) is 5.69 Å². The Kier molecular flexibility index (Phi) is 5.09. The third-order valence-electron chi connectivity index (χ3n) is 4.23. The lowest BCUT2D eigenvalue weighted by atomic mass is 9.98. The molecule has 2 heterocycles. The van der Waals surface area contributed by atoms with E-state index >= 15 is 0 Å². The van der Waals surface area contributed by atoms with Gasteiger partial charge >= 0.3 is 0 Å². The second-order valence-corrected chi connectivity index (χ2v) is 8.36. The molecule has 1 amide bonds. The Morgan fingerprint density at radius 1 is 1.37 bits per heavy atom. The molecule has 3 rings (SSSR count). The number of nitrogens with zero attached hydrogens (tertiary/aromatic N) is 3. The summed E-state index contributed by atoms with van der Waals surface area (Å²) >= 11 is 0. The van der Waals surface area contributed by atoms with Gasteiger partial charge in [0.05, 0.1) is 24.1 Å². The molecule has 0 spiro atoms. The fourth-order valence-corrected chi connectivity index (χ4v) is 3.67. The largest absolute Gasteiger partial charge is 0.493 e. The molecule has 0 saturated heterocycles. The number of rotatable bonds is 6. The minimum absolute atomic E-state index is 0.196. The van der Waals surface area contributed by atoms with E-state index in [-0.39, 0.29) is 5.91 Å². The molecule has 2 atom stereocenters. The van der Waals surface area contributed by atoms with E-state index in [2.05, 4.69) is 20.1 Å². The van der Waals surface area contributed by atoms with Crippen molar-refractivity contribution in [2.24, 2.45) is 16.0 Å². The number of ether oxygens (including phenoxy) is 1. The quantitative estimate of drug-likeness (QED) is 0.748. The van der Waals surface area contributed by atoms with E-state index in [0.29, 0.717) is 35.2 Å². The molecule has 2 N–H and O–H groups in total. The van der Waals surface area contributed by atoms with Crippen molar-refractivity contribution >= 4 is 33.2 Å². The molecule has 0 aromatic heterocycles. The van der Waals surface area contributed by atoms with Crippen LogP contribution in [0.2, 0.25) is 0 Å². The molecule has 0 bridgehead atoms. The number of fused-ring (bicyclic) bond motifs is 1. The molecule has 2 aliphatic rings. The van der Waals surface area contributed by atoms with Gasteiger partial charge in [-0.2, -0.15) is 5.10 Å². The third kappa shape index (κ3) is 4.05. The topological polar surface area (TPSA) is 112 Å². The van der Waals surface area contributed by atoms with Gasteiger partial charge in [0.15, 0.2) is 6.17 Å². The zero-order valence-corrected chi connectivity index (χ0v) is 16.5. The second-order valence-electron chi connectivity index (χ2n) is 6.61. The highest BCUT2D eigenvalue weighted by molar-refractivity contribution is 7.92. The number of aliphatic imine (C=N–C) groups is 1. The van der Waals surface area contributed by atoms with Gasteiger partial charge in [0.1, 0.15) is 17.5 Å². The van der Waals surface area contributed by atoms with Crippen LogP contribution in [-0.2, 0) is 14.8 Å². The number of hydrogen-bond acceptors (Lipinski definition) is 7. The molecule has 0 radical (unpaired) electrons. The summed E-state index contributed by atoms with van der Waals surface area (Å²) in [7, 11) is -1.67. The van der Waals surface area contributed by atoms with E-state index in [1.807, 2.05) is 6.92 Å². The van der Waals surface area contributed by atoms with Crippen molar-refractivity contribution in [2.75, 3.05) is 24.6 Å². The van der Waals surface area contributed by atoms with E-state index in [1.54, 1.807) is 37.2 Å². The van der Waals surface area contributed by atoms with Crippen molar-refractivity contribution in [1.29, 1.82) is 0 Å². The molecule has 27 heavy (non-hydrogen) atoms. The van der Waals surface area contributed by atoms with E-state index < -0.39 is 22.1 Å². The number of carbonyl (C=O) groups is 1. The maximum Gasteiger partial charge on any atom is 0.238 e. The van der Waals surface area contributed by atoms with E-state index in [0.717, 1.165) is 12.7 Å². The standard InChI is InChI=1S/C17H23N5O4S/c1-5-8-26-13-7-6-11(21-27(4,24)25)9-12(13)15-18-16-14(17(23)19-15)10(2)20-22(16)3/h6-7,9,14,16,21H,5,8H2,1-4H3,(H,18,19,23). The lowest BCUT2D eigenvalue weighted by Gasteiger charge is -2.27. The van der Waals surface area contributed by atoms with Crippen molar-refractivity contribution in [3.63, 3.8) is 0 Å². The molecule has 146 valence electrons. The molecule has 10 heteroatoms. The van der Waals surface area contributed by atoms with Gasteiger partial charge < -0.3 is 10.1 Å². The molecule has 0 fully saturated rings. The predicted molar refractivity (Wildman–Crippen MR) is 104 cm³/mol. The number of nitrogens with one attached hydrogen (secondary N) is 2. The predicted octanol–water partition coefficient (Wildman–Crippen LogP) is 0.987. The van der Waals surface area contributed by atoms with Crippen molar-refractivity contribution in [2.45, 2.75) is 26.4 Å². The van der Waals surface area contributed by atoms with Crippen molar-refractivity contribution < 1.29 is 17.9 Å². The molecule has 9 nitrogen and oxygen atoms in total. The van der Waals surface area contributed by atoms with Crippen LogP contribution in [-0.4, -0.2) is 57.0 Å². The zero-order valence-electron chi connectivity index (χ0n) is 15.7. The van der Waals surface area contributed by atoms with Crippen LogP contribution in [0.15, 0.2) is 28.3 Å². The van der Waals surface area contributed by atoms with Crippen LogP contribution in [0.5, 0.6) is 5.75 Å². The Hall–Kier alpha value is -2.62. The Balaban J connectivity index is 2.02. The minimum atomic E-state index is -3.44. The number of carbonyl (C=O) groups excluding carboxylic acids is 1. The Morgan fingerprint density at radius 2 is 2.11 bits per heavy atom. The second kappa shape index (κ2) is 7.18. The number of sulfonamides is 1. The number of amidine groups is 1. The van der Waals surface area contributed by atoms with Crippen LogP contribution in [0.25, 0.3) is 0 Å². The first-order valence-corrected chi connectivity index (χ1v) is 10.5. The first kappa shape index (κ1) is 19.2. The number of hydrogen-bond donors (Lipinski definition) is 2. The highest BCUT2D eigenvalue weighted by Gasteiger charge is 2.42. The number of hydrazone groups is 1. The highest BCUT2D eigenvalue weighted by Crippen LogP contribution is 2.29. The van der Waals surface area contributed by atoms with Crippen LogP contribution >= 0.6 is 0 Å². The van der Waals surface area contributed by atoms with Crippen LogP contribution < -0.4 is 14.8 Å². The Bertz CT molecular complexity index is 925. The highest BCUT2D eigenvalue weighted by atomic mass is 32.2. The lowest BCUT2D eigenvalue weighted by Crippen LogP contribution is -2.49. The average molecular weight is 393 g/mol. The summed E-state index contributed by atoms with van der Waals surface area (Å²) in [5.41, 5.74) is 1.59. The van der Waals surface area contributed by atoms with Gasteiger partial charge in [-0.3, -0.25) is 14.5 Å². The molecule has 2 unspecified atom stereocenters. The third-order valence-corrected chi connectivity index (χ3v) is 4.84. The van der Waals surface area contributed by atoms with E-state index in [9.17, 15) is 13.2 Å². The average Bonchev–Trinajstić information content (AvgIpc) is 2.86. The lowest BCUT2D eigenvalue weighted by molar-refractivity contribution is -0.123. The van der Waals surface area contributed by atoms with E-state index in [1.165, 1.54) is 0 Å². The first-order valence-electron chi connectivity index (χ1n) is 8.61. The molecule has 2 aliphatic heterocycles. The number of amides is 1. The Morgan fingerprint density at radius 3 is 2.78 bits per heavy atom. The summed E-state index contributed by atoms with van der Waals surface area (Å²) in [4.78, 5) is 17.2. The fourth-order valence-electron chi connectivity index (χ4n) is 3.11. The first-order chi connectivity index (χ1) is 12.7. The monoisotopic (exact) mass is 393 g/mol. The molecule has 0 saturated carbocycles. The van der Waals surface area contributed by atoms with Crippen molar-refractivity contribution in [1.82, 2.24) is 10.3 Å². The van der Waals surface area contributed by atoms with Gasteiger partial charge in [-0.05, 0) is 31.5 Å². The van der Waals surface area contributed by atoms with Gasteiger partial charge in [0.25, 0.3) is 0 Å². The van der Waals surface area contributed by atoms with Gasteiger partial charge in [-0.25, -0.2) is 13.4 Å². The molecular formula is C17H23N5O4S. The summed E-state index contributed by atoms with van der Waals surface area (Å²) in [5, 5.41) is 8.77. The van der Waals surface area contributed by atoms with Gasteiger partial charge in [0.2, 0.25) is 15.9 Å². The minimum Gasteiger partial charge on any atom is -0.493 e. The summed E-state index contributed by atoms with van der Waals surface area (Å²) in [5.74, 6) is 0.225. The normalized spacial score (nSPS) is 21.9. The van der Waals surface area contributed by atoms with Gasteiger partial charge in [-0.1, -0.05) is 6.92 Å². The van der Waals surface area contributed by atoms with Crippen molar-refractivity contribution in [3.8, 4) is 5.75 Å². The zero-order chi connectivity index (χ0) is 19.8. The fraction of sp³-hybridized carbons (Fsp3) is 0.471. The molecule has 0 aliphatic carbocycles. The number of benzene rings is 1. The molecule has 1 aromatic rings. The van der Waals surface area contributed by atoms with Crippen molar-refractivity contribution in [3.05, 3.63) is 23.8 Å². The van der Waals surface area contributed by atoms with Gasteiger partial charge in [-0.15, -0.1) is 0 Å². The number of anilines is 1. The summed E-state index contributed by atoms with van der Waals surface area (Å²) < 4.78 is 31.3. The summed E-state index contributed by atoms with van der Waals surface area (Å²) in [6, 6.07) is 4.88. The summed E-state index contributed by atoms with van der Waals surface area (Å²) in [6.07, 6.45) is 1.45. The van der Waals surface area contributed by atoms with Crippen LogP contribution in [0.3, 0.4) is 0 Å². The molecular weight excluding hydrogens is 370 g/mol. The van der Waals surface area contributed by atoms with Crippen LogP contribution in [0, 0.1) is 5.92 Å². The van der Waals surface area contributed by atoms with Gasteiger partial charge in [0, 0.05) is 12.7 Å². The maximum atomic E-state index is 12.6. The van der Waals surface area contributed by atoms with E-state index in [4.69, 9.17) is 4.74 Å². The summed E-state index contributed by atoms with van der Waals surface area (Å²) in [6.45, 7) is 4.27. The smallest absolute Gasteiger partial charge is 0.238 e. The van der Waals surface area contributed by atoms with Crippen LogP contribution in [0.1, 0.15) is 25.8 Å².